The van der Waals surface area contributed by atoms with Crippen LogP contribution in [0.15, 0.2) is 57.4 Å². The van der Waals surface area contributed by atoms with Gasteiger partial charge >= 0.3 is 0 Å². The number of nitrogens with zero attached hydrogens (tertiary/aromatic N) is 3. The van der Waals surface area contributed by atoms with Crippen molar-refractivity contribution in [2.24, 2.45) is 5.10 Å². The first kappa shape index (κ1) is 18.9. The summed E-state index contributed by atoms with van der Waals surface area (Å²) >= 11 is 19.0. The van der Waals surface area contributed by atoms with Crippen molar-refractivity contribution >= 4 is 53.0 Å². The molecule has 0 aliphatic rings. The van der Waals surface area contributed by atoms with Crippen LogP contribution in [0.3, 0.4) is 0 Å². The Bertz CT molecular complexity index is 1160. The highest BCUT2D eigenvalue weighted by Gasteiger charge is 2.10. The Balaban J connectivity index is 1.49. The molecule has 0 aliphatic carbocycles. The fourth-order valence-corrected chi connectivity index (χ4v) is 3.77. The van der Waals surface area contributed by atoms with Gasteiger partial charge in [0.25, 0.3) is 0 Å². The predicted molar refractivity (Wildman–Crippen MR) is 113 cm³/mol. The first-order chi connectivity index (χ1) is 13.6. The van der Waals surface area contributed by atoms with E-state index in [1.54, 1.807) is 52.6 Å². The minimum Gasteiger partial charge on any atom is -0.483 e. The van der Waals surface area contributed by atoms with E-state index in [9.17, 15) is 0 Å². The minimum atomic E-state index is 0.183. The molecule has 1 aromatic carbocycles. The number of furan rings is 1. The number of hydrogen-bond donors (Lipinski definition) is 1. The van der Waals surface area contributed by atoms with Gasteiger partial charge < -0.3 is 9.15 Å². The second-order valence-corrected chi connectivity index (χ2v) is 7.68. The van der Waals surface area contributed by atoms with Gasteiger partial charge in [-0.25, -0.2) is 5.10 Å². The normalized spacial score (nSPS) is 11.4. The van der Waals surface area contributed by atoms with Crippen molar-refractivity contribution in [1.29, 1.82) is 0 Å². The van der Waals surface area contributed by atoms with E-state index in [-0.39, 0.29) is 6.61 Å². The van der Waals surface area contributed by atoms with Crippen LogP contribution in [0.2, 0.25) is 10.0 Å². The highest BCUT2D eigenvalue weighted by molar-refractivity contribution is 7.71. The lowest BCUT2D eigenvalue weighted by Crippen LogP contribution is -1.95. The molecule has 1 N–H and O–H groups in total. The number of thiophene rings is 1. The third kappa shape index (κ3) is 4.05. The van der Waals surface area contributed by atoms with E-state index in [4.69, 9.17) is 44.6 Å². The molecule has 6 nitrogen and oxygen atoms in total. The summed E-state index contributed by atoms with van der Waals surface area (Å²) < 4.78 is 13.3. The molecule has 0 saturated carbocycles. The molecule has 0 fully saturated rings. The molecule has 142 valence electrons. The highest BCUT2D eigenvalue weighted by Crippen LogP contribution is 2.33. The van der Waals surface area contributed by atoms with Crippen LogP contribution in [0.25, 0.3) is 10.7 Å². The monoisotopic (exact) mass is 450 g/mol. The SMILES string of the molecule is S=c1[nH]nc(-c2cccs2)n1N=Cc1ccc(COc2c(Cl)cccc2Cl)o1. The van der Waals surface area contributed by atoms with Gasteiger partial charge in [0.15, 0.2) is 11.6 Å². The van der Waals surface area contributed by atoms with Crippen LogP contribution in [0.5, 0.6) is 5.75 Å². The van der Waals surface area contributed by atoms with Gasteiger partial charge in [-0.15, -0.1) is 11.3 Å². The molecule has 4 aromatic rings. The number of para-hydroxylation sites is 1. The lowest BCUT2D eigenvalue weighted by Gasteiger charge is -2.07. The van der Waals surface area contributed by atoms with Gasteiger partial charge in [0.1, 0.15) is 18.1 Å². The zero-order valence-corrected chi connectivity index (χ0v) is 17.3. The lowest BCUT2D eigenvalue weighted by molar-refractivity contribution is 0.270. The van der Waals surface area contributed by atoms with E-state index in [0.29, 0.717) is 37.9 Å². The Morgan fingerprint density at radius 2 is 2.04 bits per heavy atom. The van der Waals surface area contributed by atoms with Crippen LogP contribution in [0.1, 0.15) is 11.5 Å². The molecule has 3 aromatic heterocycles. The van der Waals surface area contributed by atoms with E-state index in [2.05, 4.69) is 15.3 Å². The lowest BCUT2D eigenvalue weighted by atomic mass is 10.3. The molecule has 0 aliphatic heterocycles. The number of benzene rings is 1. The third-order valence-corrected chi connectivity index (χ3v) is 5.38. The van der Waals surface area contributed by atoms with E-state index < -0.39 is 0 Å². The number of H-pyrrole nitrogens is 1. The second kappa shape index (κ2) is 8.32. The number of hydrogen-bond acceptors (Lipinski definition) is 6. The maximum Gasteiger partial charge on any atom is 0.216 e. The number of aromatic amines is 1. The Kier molecular flexibility index (Phi) is 5.63. The van der Waals surface area contributed by atoms with Gasteiger partial charge in [-0.05, 0) is 47.9 Å². The maximum absolute atomic E-state index is 6.10. The minimum absolute atomic E-state index is 0.183. The van der Waals surface area contributed by atoms with E-state index in [0.717, 1.165) is 4.88 Å². The number of nitrogens with one attached hydrogen (secondary N) is 1. The van der Waals surface area contributed by atoms with Crippen LogP contribution in [-0.4, -0.2) is 21.1 Å². The van der Waals surface area contributed by atoms with Gasteiger partial charge in [-0.3, -0.25) is 0 Å². The molecule has 0 amide bonds. The van der Waals surface area contributed by atoms with Crippen molar-refractivity contribution in [1.82, 2.24) is 14.9 Å². The van der Waals surface area contributed by atoms with Crippen molar-refractivity contribution in [3.05, 3.63) is 74.2 Å². The summed E-state index contributed by atoms with van der Waals surface area (Å²) in [5.41, 5.74) is 0. The average molecular weight is 451 g/mol. The summed E-state index contributed by atoms with van der Waals surface area (Å²) in [7, 11) is 0. The summed E-state index contributed by atoms with van der Waals surface area (Å²) in [6, 6.07) is 12.6. The van der Waals surface area contributed by atoms with Crippen molar-refractivity contribution in [3.63, 3.8) is 0 Å². The molecule has 10 heteroatoms. The number of rotatable bonds is 6. The largest absolute Gasteiger partial charge is 0.483 e. The first-order valence-corrected chi connectivity index (χ1v) is 10.1. The standard InChI is InChI=1S/C18H12Cl2N4O2S2/c19-13-3-1-4-14(20)16(13)25-10-12-7-6-11(26-12)9-21-24-17(22-23-18(24)27)15-5-2-8-28-15/h1-9H,10H2,(H,23,27). The van der Waals surface area contributed by atoms with Gasteiger partial charge in [0.05, 0.1) is 21.1 Å². The number of halogens is 2. The highest BCUT2D eigenvalue weighted by atomic mass is 35.5. The van der Waals surface area contributed by atoms with Crippen molar-refractivity contribution in [2.45, 2.75) is 6.61 Å². The molecule has 28 heavy (non-hydrogen) atoms. The van der Waals surface area contributed by atoms with Gasteiger partial charge in [0.2, 0.25) is 4.77 Å². The van der Waals surface area contributed by atoms with Crippen LogP contribution in [-0.2, 0) is 6.61 Å². The Hall–Kier alpha value is -2.39. The molecule has 0 radical (unpaired) electrons. The molecule has 0 atom stereocenters. The molecule has 0 unspecified atom stereocenters. The van der Waals surface area contributed by atoms with Gasteiger partial charge in [0, 0.05) is 0 Å². The summed E-state index contributed by atoms with van der Waals surface area (Å²) in [6.45, 7) is 0.183. The first-order valence-electron chi connectivity index (χ1n) is 8.03. The fraction of sp³-hybridized carbons (Fsp3) is 0.0556. The Labute approximate surface area is 179 Å². The van der Waals surface area contributed by atoms with Crippen LogP contribution >= 0.6 is 46.8 Å². The van der Waals surface area contributed by atoms with Crippen molar-refractivity contribution < 1.29 is 9.15 Å². The van der Waals surface area contributed by atoms with Gasteiger partial charge in [-0.1, -0.05) is 35.3 Å². The zero-order chi connectivity index (χ0) is 19.5. The van der Waals surface area contributed by atoms with E-state index in [1.807, 2.05) is 17.5 Å². The van der Waals surface area contributed by atoms with Crippen LogP contribution in [0, 0.1) is 4.77 Å². The molecular weight excluding hydrogens is 439 g/mol. The summed E-state index contributed by atoms with van der Waals surface area (Å²) in [5.74, 6) is 2.21. The summed E-state index contributed by atoms with van der Waals surface area (Å²) in [4.78, 5) is 0.953. The summed E-state index contributed by atoms with van der Waals surface area (Å²) in [5, 5.41) is 14.2. The average Bonchev–Trinajstić information content (AvgIpc) is 3.41. The van der Waals surface area contributed by atoms with Gasteiger partial charge in [-0.2, -0.15) is 14.9 Å². The van der Waals surface area contributed by atoms with E-state index in [1.165, 1.54) is 0 Å². The van der Waals surface area contributed by atoms with Crippen LogP contribution in [0.4, 0.5) is 0 Å². The zero-order valence-electron chi connectivity index (χ0n) is 14.1. The second-order valence-electron chi connectivity index (χ2n) is 5.53. The van der Waals surface area contributed by atoms with Crippen molar-refractivity contribution in [3.8, 4) is 16.5 Å². The molecule has 0 bridgehead atoms. The van der Waals surface area contributed by atoms with E-state index >= 15 is 0 Å². The smallest absolute Gasteiger partial charge is 0.216 e. The molecule has 3 heterocycles. The summed E-state index contributed by atoms with van der Waals surface area (Å²) in [6.07, 6.45) is 1.56. The fourth-order valence-electron chi connectivity index (χ4n) is 2.38. The van der Waals surface area contributed by atoms with Crippen molar-refractivity contribution in [2.75, 3.05) is 0 Å². The number of ether oxygens (including phenoxy) is 1. The molecule has 0 spiro atoms. The molecule has 4 rings (SSSR count). The number of aromatic nitrogens is 3. The predicted octanol–water partition coefficient (Wildman–Crippen LogP) is 6.03. The maximum atomic E-state index is 6.10. The topological polar surface area (TPSA) is 68.3 Å². The Morgan fingerprint density at radius 3 is 2.79 bits per heavy atom. The quantitative estimate of drug-likeness (QED) is 0.287. The Morgan fingerprint density at radius 1 is 1.21 bits per heavy atom. The van der Waals surface area contributed by atoms with Crippen LogP contribution < -0.4 is 4.74 Å². The third-order valence-electron chi connectivity index (χ3n) is 3.65. The molecule has 0 saturated heterocycles. The molecular formula is C18H12Cl2N4O2S2.